The summed E-state index contributed by atoms with van der Waals surface area (Å²) in [6, 6.07) is 72.4. The van der Waals surface area contributed by atoms with E-state index in [2.05, 4.69) is 194 Å². The zero-order chi connectivity index (χ0) is 35.3. The summed E-state index contributed by atoms with van der Waals surface area (Å²) in [7, 11) is 0. The molecule has 0 amide bonds. The summed E-state index contributed by atoms with van der Waals surface area (Å²) in [4.78, 5) is 0. The Morgan fingerprint density at radius 2 is 0.278 bits per heavy atom. The zero-order valence-electron chi connectivity index (χ0n) is 29.5. The van der Waals surface area contributed by atoms with Gasteiger partial charge in [-0.05, 0) is 143 Å². The number of rotatable bonds is 2. The first-order valence-electron chi connectivity index (χ1n) is 18.8. The van der Waals surface area contributed by atoms with E-state index in [0.29, 0.717) is 0 Å². The predicted octanol–water partition coefficient (Wildman–Crippen LogP) is 15.4. The average Bonchev–Trinajstić information content (AvgIpc) is 3.26. The molecule has 12 rings (SSSR count). The van der Waals surface area contributed by atoms with Crippen molar-refractivity contribution in [1.29, 1.82) is 0 Å². The standard InChI is InChI=1S/C54H32/c1-3-15-41-37(11-1)39-13-5-7-17-43(39)51-29-33(21-25-47(41)51)35-23-27-49-50-28-24-36(32-54(50)46-20-10-9-19-45(46)53(49)31-35)34-22-26-48-42-16-4-2-12-38(42)40-14-6-8-18-44(40)52(48)30-34/h1-32H. The molecule has 12 aromatic rings. The first kappa shape index (κ1) is 29.5. The number of benzene rings is 12. The molecule has 248 valence electrons. The molecule has 0 heteroatoms. The van der Waals surface area contributed by atoms with Crippen LogP contribution in [0.5, 0.6) is 0 Å². The second-order valence-electron chi connectivity index (χ2n) is 14.8. The van der Waals surface area contributed by atoms with E-state index in [4.69, 9.17) is 0 Å². The van der Waals surface area contributed by atoms with Crippen LogP contribution >= 0.6 is 0 Å². The SMILES string of the molecule is c1ccc2c(c1)c1ccccc1c1cc(-c3ccc4c5ccc(-c6ccc7c8ccccc8c8ccccc8c7c6)cc5c5ccccc5c4c3)ccc21. The molecule has 0 aliphatic rings. The summed E-state index contributed by atoms with van der Waals surface area (Å²) >= 11 is 0. The zero-order valence-corrected chi connectivity index (χ0v) is 29.5. The molecule has 0 aromatic heterocycles. The molecule has 0 saturated carbocycles. The molecule has 0 aliphatic carbocycles. The van der Waals surface area contributed by atoms with E-state index in [-0.39, 0.29) is 0 Å². The van der Waals surface area contributed by atoms with Crippen molar-refractivity contribution in [3.63, 3.8) is 0 Å². The predicted molar refractivity (Wildman–Crippen MR) is 235 cm³/mol. The van der Waals surface area contributed by atoms with Gasteiger partial charge in [0.25, 0.3) is 0 Å². The maximum absolute atomic E-state index is 2.41. The summed E-state index contributed by atoms with van der Waals surface area (Å²) in [5.74, 6) is 0. The highest BCUT2D eigenvalue weighted by molar-refractivity contribution is 6.29. The fourth-order valence-corrected chi connectivity index (χ4v) is 9.49. The lowest BCUT2D eigenvalue weighted by Crippen LogP contribution is -1.88. The second-order valence-corrected chi connectivity index (χ2v) is 14.8. The maximum atomic E-state index is 2.41. The van der Waals surface area contributed by atoms with Crippen molar-refractivity contribution in [3.05, 3.63) is 194 Å². The minimum Gasteiger partial charge on any atom is -0.0616 e. The Balaban J connectivity index is 1.05. The highest BCUT2D eigenvalue weighted by atomic mass is 14.2. The Morgan fingerprint density at radius 1 is 0.130 bits per heavy atom. The summed E-state index contributed by atoms with van der Waals surface area (Å²) in [6.07, 6.45) is 0. The maximum Gasteiger partial charge on any atom is -0.00928 e. The van der Waals surface area contributed by atoms with Crippen molar-refractivity contribution >= 4 is 97.0 Å². The third-order valence-corrected chi connectivity index (χ3v) is 12.0. The summed E-state index contributed by atoms with van der Waals surface area (Å²) in [5, 5.41) is 23.3. The van der Waals surface area contributed by atoms with Gasteiger partial charge in [0.05, 0.1) is 0 Å². The van der Waals surface area contributed by atoms with Crippen LogP contribution in [0, 0.1) is 0 Å². The Hall–Kier alpha value is -7.02. The molecule has 0 saturated heterocycles. The largest absolute Gasteiger partial charge is 0.0616 e. The van der Waals surface area contributed by atoms with Crippen molar-refractivity contribution in [2.24, 2.45) is 0 Å². The van der Waals surface area contributed by atoms with E-state index in [1.165, 1.54) is 119 Å². The third kappa shape index (κ3) is 4.20. The average molecular weight is 681 g/mol. The fourth-order valence-electron chi connectivity index (χ4n) is 9.49. The normalized spacial score (nSPS) is 12.1. The quantitative estimate of drug-likeness (QED) is 0.159. The van der Waals surface area contributed by atoms with Crippen LogP contribution < -0.4 is 0 Å². The van der Waals surface area contributed by atoms with Crippen LogP contribution in [0.2, 0.25) is 0 Å². The van der Waals surface area contributed by atoms with Gasteiger partial charge < -0.3 is 0 Å². The van der Waals surface area contributed by atoms with E-state index >= 15 is 0 Å². The summed E-state index contributed by atoms with van der Waals surface area (Å²) < 4.78 is 0. The van der Waals surface area contributed by atoms with Crippen LogP contribution in [0.15, 0.2) is 194 Å². The lowest BCUT2D eigenvalue weighted by Gasteiger charge is -2.15. The highest BCUT2D eigenvalue weighted by Gasteiger charge is 2.15. The molecule has 0 bridgehead atoms. The molecule has 0 heterocycles. The molecule has 0 atom stereocenters. The van der Waals surface area contributed by atoms with E-state index in [0.717, 1.165) is 0 Å². The van der Waals surface area contributed by atoms with E-state index < -0.39 is 0 Å². The van der Waals surface area contributed by atoms with Crippen LogP contribution in [-0.4, -0.2) is 0 Å². The first-order valence-corrected chi connectivity index (χ1v) is 18.8. The smallest absolute Gasteiger partial charge is 0.00928 e. The third-order valence-electron chi connectivity index (χ3n) is 12.0. The molecule has 0 N–H and O–H groups in total. The van der Waals surface area contributed by atoms with E-state index in [9.17, 15) is 0 Å². The van der Waals surface area contributed by atoms with Crippen LogP contribution in [0.4, 0.5) is 0 Å². The highest BCUT2D eigenvalue weighted by Crippen LogP contribution is 2.42. The van der Waals surface area contributed by atoms with Gasteiger partial charge in [-0.3, -0.25) is 0 Å². The Labute approximate surface area is 312 Å². The molecule has 0 fully saturated rings. The van der Waals surface area contributed by atoms with Gasteiger partial charge in [-0.1, -0.05) is 170 Å². The molecule has 54 heavy (non-hydrogen) atoms. The van der Waals surface area contributed by atoms with Gasteiger partial charge in [-0.15, -0.1) is 0 Å². The van der Waals surface area contributed by atoms with Crippen molar-refractivity contribution in [2.45, 2.75) is 0 Å². The molecule has 12 aromatic carbocycles. The van der Waals surface area contributed by atoms with Gasteiger partial charge in [0.2, 0.25) is 0 Å². The minimum atomic E-state index is 1.23. The molecule has 0 aliphatic heterocycles. The molecule has 0 nitrogen and oxygen atoms in total. The topological polar surface area (TPSA) is 0 Å². The van der Waals surface area contributed by atoms with E-state index in [1.807, 2.05) is 0 Å². The molecular weight excluding hydrogens is 649 g/mol. The van der Waals surface area contributed by atoms with Gasteiger partial charge in [0, 0.05) is 0 Å². The van der Waals surface area contributed by atoms with Crippen molar-refractivity contribution in [3.8, 4) is 22.3 Å². The van der Waals surface area contributed by atoms with Gasteiger partial charge in [0.1, 0.15) is 0 Å². The van der Waals surface area contributed by atoms with E-state index in [1.54, 1.807) is 0 Å². The van der Waals surface area contributed by atoms with Gasteiger partial charge in [-0.25, -0.2) is 0 Å². The van der Waals surface area contributed by atoms with Gasteiger partial charge in [-0.2, -0.15) is 0 Å². The molecule has 0 unspecified atom stereocenters. The molecule has 0 radical (unpaired) electrons. The van der Waals surface area contributed by atoms with Crippen LogP contribution in [0.1, 0.15) is 0 Å². The number of hydrogen-bond acceptors (Lipinski definition) is 0. The van der Waals surface area contributed by atoms with Crippen molar-refractivity contribution in [2.75, 3.05) is 0 Å². The minimum absolute atomic E-state index is 1.23. The fraction of sp³-hybridized carbons (Fsp3) is 0. The van der Waals surface area contributed by atoms with Crippen LogP contribution in [-0.2, 0) is 0 Å². The monoisotopic (exact) mass is 680 g/mol. The lowest BCUT2D eigenvalue weighted by molar-refractivity contribution is 1.69. The summed E-state index contributed by atoms with van der Waals surface area (Å²) in [6.45, 7) is 0. The Kier molecular flexibility index (Phi) is 6.15. The number of hydrogen-bond donors (Lipinski definition) is 0. The van der Waals surface area contributed by atoms with Gasteiger partial charge >= 0.3 is 0 Å². The van der Waals surface area contributed by atoms with Crippen LogP contribution in [0.25, 0.3) is 119 Å². The van der Waals surface area contributed by atoms with Crippen LogP contribution in [0.3, 0.4) is 0 Å². The van der Waals surface area contributed by atoms with Crippen molar-refractivity contribution in [1.82, 2.24) is 0 Å². The molecule has 0 spiro atoms. The first-order chi connectivity index (χ1) is 26.8. The van der Waals surface area contributed by atoms with Crippen molar-refractivity contribution < 1.29 is 0 Å². The number of fused-ring (bicyclic) bond motifs is 18. The van der Waals surface area contributed by atoms with Gasteiger partial charge in [0.15, 0.2) is 0 Å². The Bertz CT molecular complexity index is 3220. The lowest BCUT2D eigenvalue weighted by atomic mass is 9.88. The molecular formula is C54H32. The summed E-state index contributed by atoms with van der Waals surface area (Å²) in [5.41, 5.74) is 4.94. The Morgan fingerprint density at radius 3 is 0.463 bits per heavy atom. The second kappa shape index (κ2) is 11.2.